The Morgan fingerprint density at radius 2 is 1.50 bits per heavy atom. The third kappa shape index (κ3) is 3.53. The maximum absolute atomic E-state index is 5.20. The summed E-state index contributed by atoms with van der Waals surface area (Å²) in [4.78, 5) is 0. The zero-order chi connectivity index (χ0) is 14.6. The highest BCUT2D eigenvalue weighted by Crippen LogP contribution is 2.35. The molecule has 0 aromatic heterocycles. The lowest BCUT2D eigenvalue weighted by Gasteiger charge is -2.33. The standard InChI is InChI=1S/C18H23NO/c1-18(2,3)17(14-8-6-5-7-9-14)19-15-10-12-16(20-4)13-11-15/h5-13,17,19H,1-4H3. The fraction of sp³-hybridized carbons (Fsp3) is 0.333. The van der Waals surface area contributed by atoms with Gasteiger partial charge in [-0.2, -0.15) is 0 Å². The fourth-order valence-electron chi connectivity index (χ4n) is 2.30. The first-order valence-electron chi connectivity index (χ1n) is 6.96. The number of benzene rings is 2. The molecule has 0 saturated heterocycles. The van der Waals surface area contributed by atoms with Crippen molar-refractivity contribution in [1.29, 1.82) is 0 Å². The zero-order valence-electron chi connectivity index (χ0n) is 12.7. The van der Waals surface area contributed by atoms with Gasteiger partial charge in [0, 0.05) is 5.69 Å². The Labute approximate surface area is 121 Å². The van der Waals surface area contributed by atoms with Gasteiger partial charge in [0.05, 0.1) is 13.2 Å². The Kier molecular flexibility index (Phi) is 4.33. The summed E-state index contributed by atoms with van der Waals surface area (Å²) in [7, 11) is 1.68. The third-order valence-electron chi connectivity index (χ3n) is 3.40. The average Bonchev–Trinajstić information content (AvgIpc) is 2.45. The van der Waals surface area contributed by atoms with Crippen LogP contribution in [0.25, 0.3) is 0 Å². The molecule has 1 unspecified atom stereocenters. The number of anilines is 1. The molecule has 0 bridgehead atoms. The zero-order valence-corrected chi connectivity index (χ0v) is 12.7. The lowest BCUT2D eigenvalue weighted by molar-refractivity contribution is 0.347. The SMILES string of the molecule is COc1ccc(NC(c2ccccc2)C(C)(C)C)cc1. The van der Waals surface area contributed by atoms with Gasteiger partial charge in [0.25, 0.3) is 0 Å². The van der Waals surface area contributed by atoms with Gasteiger partial charge >= 0.3 is 0 Å². The molecule has 106 valence electrons. The van der Waals surface area contributed by atoms with E-state index in [1.165, 1.54) is 5.56 Å². The van der Waals surface area contributed by atoms with Gasteiger partial charge in [-0.15, -0.1) is 0 Å². The van der Waals surface area contributed by atoms with E-state index < -0.39 is 0 Å². The van der Waals surface area contributed by atoms with Crippen LogP contribution >= 0.6 is 0 Å². The highest BCUT2D eigenvalue weighted by atomic mass is 16.5. The summed E-state index contributed by atoms with van der Waals surface area (Å²) in [6.07, 6.45) is 0. The number of ether oxygens (including phenoxy) is 1. The molecule has 2 aromatic carbocycles. The summed E-state index contributed by atoms with van der Waals surface area (Å²) < 4.78 is 5.20. The highest BCUT2D eigenvalue weighted by molar-refractivity contribution is 5.48. The Bertz CT molecular complexity index is 526. The Balaban J connectivity index is 2.24. The maximum Gasteiger partial charge on any atom is 0.119 e. The van der Waals surface area contributed by atoms with Crippen LogP contribution in [0.3, 0.4) is 0 Å². The molecule has 2 rings (SSSR count). The van der Waals surface area contributed by atoms with Crippen molar-refractivity contribution < 1.29 is 4.74 Å². The number of hydrogen-bond acceptors (Lipinski definition) is 2. The number of methoxy groups -OCH3 is 1. The molecule has 0 aliphatic rings. The molecule has 2 heteroatoms. The molecule has 2 nitrogen and oxygen atoms in total. The third-order valence-corrected chi connectivity index (χ3v) is 3.40. The number of hydrogen-bond donors (Lipinski definition) is 1. The average molecular weight is 269 g/mol. The molecule has 2 aromatic rings. The van der Waals surface area contributed by atoms with Crippen molar-refractivity contribution >= 4 is 5.69 Å². The van der Waals surface area contributed by atoms with Crippen molar-refractivity contribution in [3.05, 3.63) is 60.2 Å². The van der Waals surface area contributed by atoms with E-state index >= 15 is 0 Å². The van der Waals surface area contributed by atoms with Gasteiger partial charge in [0.15, 0.2) is 0 Å². The summed E-state index contributed by atoms with van der Waals surface area (Å²) in [5, 5.41) is 3.63. The van der Waals surface area contributed by atoms with E-state index in [4.69, 9.17) is 4.74 Å². The summed E-state index contributed by atoms with van der Waals surface area (Å²) in [6.45, 7) is 6.75. The highest BCUT2D eigenvalue weighted by Gasteiger charge is 2.25. The fourth-order valence-corrected chi connectivity index (χ4v) is 2.30. The van der Waals surface area contributed by atoms with Crippen LogP contribution in [0.4, 0.5) is 5.69 Å². The van der Waals surface area contributed by atoms with Gasteiger partial charge in [-0.25, -0.2) is 0 Å². The molecule has 0 heterocycles. The Morgan fingerprint density at radius 1 is 0.900 bits per heavy atom. The van der Waals surface area contributed by atoms with Gasteiger partial charge in [0.2, 0.25) is 0 Å². The summed E-state index contributed by atoms with van der Waals surface area (Å²) in [5.74, 6) is 0.877. The van der Waals surface area contributed by atoms with Gasteiger partial charge < -0.3 is 10.1 Å². The van der Waals surface area contributed by atoms with E-state index in [0.717, 1.165) is 11.4 Å². The van der Waals surface area contributed by atoms with E-state index in [0.29, 0.717) is 0 Å². The smallest absolute Gasteiger partial charge is 0.119 e. The van der Waals surface area contributed by atoms with Crippen LogP contribution < -0.4 is 10.1 Å². The minimum Gasteiger partial charge on any atom is -0.497 e. The monoisotopic (exact) mass is 269 g/mol. The molecule has 0 fully saturated rings. The van der Waals surface area contributed by atoms with E-state index in [1.807, 2.05) is 12.1 Å². The molecule has 0 amide bonds. The topological polar surface area (TPSA) is 21.3 Å². The summed E-state index contributed by atoms with van der Waals surface area (Å²) in [6, 6.07) is 18.9. The van der Waals surface area contributed by atoms with Crippen molar-refractivity contribution in [1.82, 2.24) is 0 Å². The Hall–Kier alpha value is -1.96. The van der Waals surface area contributed by atoms with E-state index in [2.05, 4.69) is 68.6 Å². The molecule has 1 N–H and O–H groups in total. The first-order valence-corrected chi connectivity index (χ1v) is 6.96. The number of rotatable bonds is 4. The lowest BCUT2D eigenvalue weighted by Crippen LogP contribution is -2.25. The molecule has 0 spiro atoms. The van der Waals surface area contributed by atoms with Crippen molar-refractivity contribution in [2.45, 2.75) is 26.8 Å². The van der Waals surface area contributed by atoms with Crippen LogP contribution in [0.1, 0.15) is 32.4 Å². The lowest BCUT2D eigenvalue weighted by atomic mass is 9.82. The molecule has 0 radical (unpaired) electrons. The molecular formula is C18H23NO. The second-order valence-corrected chi connectivity index (χ2v) is 6.08. The molecule has 0 aliphatic heterocycles. The Morgan fingerprint density at radius 3 is 2.00 bits per heavy atom. The molecule has 0 saturated carbocycles. The molecule has 20 heavy (non-hydrogen) atoms. The van der Waals surface area contributed by atoms with Crippen molar-refractivity contribution in [2.75, 3.05) is 12.4 Å². The van der Waals surface area contributed by atoms with Crippen LogP contribution in [0.5, 0.6) is 5.75 Å². The molecule has 0 aliphatic carbocycles. The first-order chi connectivity index (χ1) is 9.50. The minimum atomic E-state index is 0.126. The maximum atomic E-state index is 5.20. The van der Waals surface area contributed by atoms with E-state index in [1.54, 1.807) is 7.11 Å². The van der Waals surface area contributed by atoms with E-state index in [9.17, 15) is 0 Å². The van der Waals surface area contributed by atoms with Crippen LogP contribution in [-0.2, 0) is 0 Å². The van der Waals surface area contributed by atoms with Crippen molar-refractivity contribution in [3.8, 4) is 5.75 Å². The molecule has 1 atom stereocenters. The second kappa shape index (κ2) is 6.00. The minimum absolute atomic E-state index is 0.126. The number of nitrogens with one attached hydrogen (secondary N) is 1. The summed E-state index contributed by atoms with van der Waals surface area (Å²) >= 11 is 0. The van der Waals surface area contributed by atoms with Crippen LogP contribution in [0.2, 0.25) is 0 Å². The predicted molar refractivity (Wildman–Crippen MR) is 85.3 cm³/mol. The predicted octanol–water partition coefficient (Wildman–Crippen LogP) is 4.89. The van der Waals surface area contributed by atoms with Crippen LogP contribution in [-0.4, -0.2) is 7.11 Å². The van der Waals surface area contributed by atoms with Gasteiger partial charge in [-0.3, -0.25) is 0 Å². The first kappa shape index (κ1) is 14.4. The van der Waals surface area contributed by atoms with Gasteiger partial charge in [-0.1, -0.05) is 51.1 Å². The largest absolute Gasteiger partial charge is 0.497 e. The van der Waals surface area contributed by atoms with Crippen LogP contribution in [0.15, 0.2) is 54.6 Å². The van der Waals surface area contributed by atoms with Crippen molar-refractivity contribution in [3.63, 3.8) is 0 Å². The molecular weight excluding hydrogens is 246 g/mol. The van der Waals surface area contributed by atoms with Gasteiger partial charge in [-0.05, 0) is 35.2 Å². The quantitative estimate of drug-likeness (QED) is 0.852. The normalized spacial score (nSPS) is 12.8. The van der Waals surface area contributed by atoms with Crippen molar-refractivity contribution in [2.24, 2.45) is 5.41 Å². The van der Waals surface area contributed by atoms with Gasteiger partial charge in [0.1, 0.15) is 5.75 Å². The van der Waals surface area contributed by atoms with E-state index in [-0.39, 0.29) is 11.5 Å². The van der Waals surface area contributed by atoms with Crippen LogP contribution in [0, 0.1) is 5.41 Å². The summed E-state index contributed by atoms with van der Waals surface area (Å²) in [5.41, 5.74) is 2.53. The second-order valence-electron chi connectivity index (χ2n) is 6.08.